The molecular weight excluding hydrogens is 248 g/mol. The zero-order valence-electron chi connectivity index (χ0n) is 8.24. The predicted molar refractivity (Wildman–Crippen MR) is 64.2 cm³/mol. The van der Waals surface area contributed by atoms with E-state index in [1.54, 1.807) is 17.5 Å². The van der Waals surface area contributed by atoms with Gasteiger partial charge in [-0.15, -0.1) is 11.3 Å². The van der Waals surface area contributed by atoms with E-state index in [1.165, 1.54) is 6.20 Å². The fourth-order valence-corrected chi connectivity index (χ4v) is 1.97. The van der Waals surface area contributed by atoms with Crippen LogP contribution in [-0.2, 0) is 6.42 Å². The molecule has 16 heavy (non-hydrogen) atoms. The van der Waals surface area contributed by atoms with Crippen LogP contribution in [0.1, 0.15) is 5.01 Å². The second kappa shape index (κ2) is 5.09. The van der Waals surface area contributed by atoms with E-state index in [1.807, 2.05) is 5.38 Å². The van der Waals surface area contributed by atoms with Crippen LogP contribution in [-0.4, -0.2) is 21.7 Å². The van der Waals surface area contributed by atoms with Gasteiger partial charge in [0.25, 0.3) is 5.56 Å². The Bertz CT molecular complexity index is 510. The summed E-state index contributed by atoms with van der Waals surface area (Å²) in [4.78, 5) is 15.3. The number of anilines is 1. The topological polar surface area (TPSA) is 70.7 Å². The number of nitrogens with one attached hydrogen (secondary N) is 2. The molecule has 0 bridgehead atoms. The van der Waals surface area contributed by atoms with Crippen molar-refractivity contribution in [2.45, 2.75) is 6.42 Å². The molecule has 0 spiro atoms. The Morgan fingerprint density at radius 1 is 1.56 bits per heavy atom. The number of aromatic nitrogens is 3. The number of halogens is 1. The number of hydrogen-bond donors (Lipinski definition) is 2. The molecule has 0 unspecified atom stereocenters. The van der Waals surface area contributed by atoms with E-state index in [4.69, 9.17) is 11.6 Å². The van der Waals surface area contributed by atoms with Crippen LogP contribution in [0.2, 0.25) is 5.02 Å². The van der Waals surface area contributed by atoms with Gasteiger partial charge in [-0.1, -0.05) is 11.6 Å². The normalized spacial score (nSPS) is 10.3. The van der Waals surface area contributed by atoms with Gasteiger partial charge in [0, 0.05) is 24.5 Å². The largest absolute Gasteiger partial charge is 0.382 e. The zero-order chi connectivity index (χ0) is 11.4. The first kappa shape index (κ1) is 11.1. The molecule has 2 aromatic rings. The number of nitrogens with zero attached hydrogens (tertiary/aromatic N) is 2. The minimum atomic E-state index is -0.388. The smallest absolute Gasteiger partial charge is 0.285 e. The molecule has 2 N–H and O–H groups in total. The van der Waals surface area contributed by atoms with Crippen LogP contribution in [0.3, 0.4) is 0 Å². The van der Waals surface area contributed by atoms with E-state index in [0.29, 0.717) is 12.2 Å². The molecule has 2 aromatic heterocycles. The SMILES string of the molecule is O=c1[nH]ncc(NCCc2nccs2)c1Cl. The van der Waals surface area contributed by atoms with Gasteiger partial charge in [-0.3, -0.25) is 4.79 Å². The van der Waals surface area contributed by atoms with Crippen molar-refractivity contribution in [3.8, 4) is 0 Å². The Hall–Kier alpha value is -1.40. The molecule has 0 aliphatic carbocycles. The lowest BCUT2D eigenvalue weighted by molar-refractivity contribution is 0.963. The van der Waals surface area contributed by atoms with E-state index >= 15 is 0 Å². The van der Waals surface area contributed by atoms with Crippen molar-refractivity contribution in [3.05, 3.63) is 38.2 Å². The maximum atomic E-state index is 11.1. The van der Waals surface area contributed by atoms with Gasteiger partial charge in [0.15, 0.2) is 0 Å². The lowest BCUT2D eigenvalue weighted by Gasteiger charge is -2.05. The summed E-state index contributed by atoms with van der Waals surface area (Å²) in [5, 5.41) is 12.1. The Morgan fingerprint density at radius 3 is 3.19 bits per heavy atom. The fourth-order valence-electron chi connectivity index (χ4n) is 1.19. The first-order chi connectivity index (χ1) is 7.77. The Morgan fingerprint density at radius 2 is 2.44 bits per heavy atom. The minimum absolute atomic E-state index is 0.133. The van der Waals surface area contributed by atoms with Gasteiger partial charge < -0.3 is 5.32 Å². The van der Waals surface area contributed by atoms with Crippen molar-refractivity contribution in [3.63, 3.8) is 0 Å². The van der Waals surface area contributed by atoms with Gasteiger partial charge >= 0.3 is 0 Å². The highest BCUT2D eigenvalue weighted by molar-refractivity contribution is 7.09. The van der Waals surface area contributed by atoms with Gasteiger partial charge in [0.1, 0.15) is 5.02 Å². The van der Waals surface area contributed by atoms with Gasteiger partial charge in [-0.05, 0) is 0 Å². The van der Waals surface area contributed by atoms with Gasteiger partial charge in [-0.25, -0.2) is 10.1 Å². The summed E-state index contributed by atoms with van der Waals surface area (Å²) in [5.41, 5.74) is 0.155. The molecule has 0 atom stereocenters. The molecule has 0 saturated carbocycles. The number of aromatic amines is 1. The Balaban J connectivity index is 1.95. The van der Waals surface area contributed by atoms with Gasteiger partial charge in [0.05, 0.1) is 16.9 Å². The summed E-state index contributed by atoms with van der Waals surface area (Å²) in [6, 6.07) is 0. The molecule has 0 aliphatic rings. The summed E-state index contributed by atoms with van der Waals surface area (Å²) in [5.74, 6) is 0. The molecule has 0 aliphatic heterocycles. The highest BCUT2D eigenvalue weighted by atomic mass is 35.5. The molecule has 2 rings (SSSR count). The average Bonchev–Trinajstić information content (AvgIpc) is 2.77. The van der Waals surface area contributed by atoms with Crippen LogP contribution >= 0.6 is 22.9 Å². The molecule has 84 valence electrons. The van der Waals surface area contributed by atoms with Crippen molar-refractivity contribution in [2.75, 3.05) is 11.9 Å². The highest BCUT2D eigenvalue weighted by Crippen LogP contribution is 2.14. The second-order valence-electron chi connectivity index (χ2n) is 3.03. The lowest BCUT2D eigenvalue weighted by atomic mass is 10.4. The third kappa shape index (κ3) is 2.59. The number of hydrogen-bond acceptors (Lipinski definition) is 5. The zero-order valence-corrected chi connectivity index (χ0v) is 9.81. The molecule has 0 amide bonds. The first-order valence-corrected chi connectivity index (χ1v) is 5.88. The summed E-state index contributed by atoms with van der Waals surface area (Å²) >= 11 is 7.39. The molecule has 0 radical (unpaired) electrons. The van der Waals surface area contributed by atoms with E-state index in [-0.39, 0.29) is 10.6 Å². The van der Waals surface area contributed by atoms with Crippen LogP contribution in [0.25, 0.3) is 0 Å². The number of H-pyrrole nitrogens is 1. The van der Waals surface area contributed by atoms with Crippen molar-refractivity contribution in [2.24, 2.45) is 0 Å². The quantitative estimate of drug-likeness (QED) is 0.871. The van der Waals surface area contributed by atoms with Gasteiger partial charge in [-0.2, -0.15) is 5.10 Å². The summed E-state index contributed by atoms with van der Waals surface area (Å²) in [7, 11) is 0. The summed E-state index contributed by atoms with van der Waals surface area (Å²) < 4.78 is 0. The molecule has 0 aromatic carbocycles. The van der Waals surface area contributed by atoms with Gasteiger partial charge in [0.2, 0.25) is 0 Å². The number of thiazole rings is 1. The molecule has 2 heterocycles. The first-order valence-electron chi connectivity index (χ1n) is 4.63. The fraction of sp³-hybridized carbons (Fsp3) is 0.222. The molecule has 0 saturated heterocycles. The highest BCUT2D eigenvalue weighted by Gasteiger charge is 2.04. The Kier molecular flexibility index (Phi) is 3.53. The van der Waals surface area contributed by atoms with E-state index in [2.05, 4.69) is 20.5 Å². The number of rotatable bonds is 4. The van der Waals surface area contributed by atoms with Crippen LogP contribution in [0, 0.1) is 0 Å². The minimum Gasteiger partial charge on any atom is -0.382 e. The van der Waals surface area contributed by atoms with Crippen molar-refractivity contribution < 1.29 is 0 Å². The van der Waals surface area contributed by atoms with Crippen LogP contribution in [0.4, 0.5) is 5.69 Å². The predicted octanol–water partition coefficient (Wildman–Crippen LogP) is 1.53. The van der Waals surface area contributed by atoms with Crippen molar-refractivity contribution >= 4 is 28.6 Å². The summed E-state index contributed by atoms with van der Waals surface area (Å²) in [6.45, 7) is 0.665. The Labute approximate surface area is 101 Å². The van der Waals surface area contributed by atoms with E-state index in [0.717, 1.165) is 11.4 Å². The van der Waals surface area contributed by atoms with E-state index < -0.39 is 0 Å². The molecule has 7 heteroatoms. The lowest BCUT2D eigenvalue weighted by Crippen LogP contribution is -2.13. The van der Waals surface area contributed by atoms with Crippen LogP contribution in [0.15, 0.2) is 22.6 Å². The van der Waals surface area contributed by atoms with Crippen LogP contribution < -0.4 is 10.9 Å². The monoisotopic (exact) mass is 256 g/mol. The third-order valence-corrected chi connectivity index (χ3v) is 3.15. The van der Waals surface area contributed by atoms with Crippen molar-refractivity contribution in [1.82, 2.24) is 15.2 Å². The second-order valence-corrected chi connectivity index (χ2v) is 4.39. The molecule has 5 nitrogen and oxygen atoms in total. The maximum absolute atomic E-state index is 11.1. The average molecular weight is 257 g/mol. The molecule has 0 fully saturated rings. The maximum Gasteiger partial charge on any atom is 0.285 e. The molecular formula is C9H9ClN4OS. The van der Waals surface area contributed by atoms with Crippen LogP contribution in [0.5, 0.6) is 0 Å². The van der Waals surface area contributed by atoms with Crippen molar-refractivity contribution in [1.29, 1.82) is 0 Å². The standard InChI is InChI=1S/C9H9ClN4OS/c10-8-6(5-13-14-9(8)15)11-2-1-7-12-3-4-16-7/h3-5H,1-2H2,(H2,11,14,15). The summed E-state index contributed by atoms with van der Waals surface area (Å²) in [6.07, 6.45) is 4.05. The third-order valence-electron chi connectivity index (χ3n) is 1.93. The van der Waals surface area contributed by atoms with E-state index in [9.17, 15) is 4.79 Å².